The maximum absolute atomic E-state index is 14.8. The fraction of sp³-hybridized carbons (Fsp3) is 0.531. The quantitative estimate of drug-likeness (QED) is 0.0982. The van der Waals surface area contributed by atoms with Gasteiger partial charge in [-0.25, -0.2) is 4.79 Å². The first-order valence-electron chi connectivity index (χ1n) is 22.9. The molecule has 0 radical (unpaired) electrons. The van der Waals surface area contributed by atoms with E-state index in [0.29, 0.717) is 77.6 Å². The molecule has 0 spiro atoms. The van der Waals surface area contributed by atoms with Gasteiger partial charge in [-0.15, -0.1) is 0 Å². The first-order valence-corrected chi connectivity index (χ1v) is 23.3. The van der Waals surface area contributed by atoms with Gasteiger partial charge in [0.1, 0.15) is 47.3 Å². The number of amides is 7. The van der Waals surface area contributed by atoms with E-state index in [0.717, 1.165) is 0 Å². The number of likely N-dealkylation sites (N-methyl/N-ethyl adjacent to an activating group) is 2. The molecule has 1 unspecified atom stereocenters. The molecule has 0 aliphatic carbocycles. The Kier molecular flexibility index (Phi) is 19.8. The Morgan fingerprint density at radius 1 is 0.956 bits per heavy atom. The van der Waals surface area contributed by atoms with Gasteiger partial charge in [-0.3, -0.25) is 34.1 Å². The fourth-order valence-electron chi connectivity index (χ4n) is 8.21. The van der Waals surface area contributed by atoms with Gasteiger partial charge in [0.25, 0.3) is 0 Å². The molecule has 1 saturated heterocycles. The molecule has 372 valence electrons. The summed E-state index contributed by atoms with van der Waals surface area (Å²) in [4.78, 5) is 98.9. The van der Waals surface area contributed by atoms with Gasteiger partial charge in [0, 0.05) is 55.8 Å². The van der Waals surface area contributed by atoms with Gasteiger partial charge in [-0.2, -0.15) is 0 Å². The smallest absolute Gasteiger partial charge is 0.407 e. The van der Waals surface area contributed by atoms with Crippen LogP contribution in [0.2, 0.25) is 0 Å². The lowest BCUT2D eigenvalue weighted by Gasteiger charge is -2.33. The number of alkyl carbamates (subject to hydrolysis) is 1. The number of fused-ring (bicyclic) bond motifs is 5. The zero-order chi connectivity index (χ0) is 50.5. The van der Waals surface area contributed by atoms with Gasteiger partial charge < -0.3 is 50.6 Å². The van der Waals surface area contributed by atoms with Crippen molar-refractivity contribution in [3.8, 4) is 22.6 Å². The standard InChI is InChI=1S/C49H69ClN8O10/c1-12-16-35(50)28(2)53-36(17-13-14-23-52-48(65)68-49(5,6)7)47(64)57(9)41-32-20-22-40(67-11)34(27-32)33-25-31(19-21-39(33)66-10)26-37(56-42(59)29(3)54-45(41)62)43(60)55-30(4)46(63)58-24-15-18-38(58)44(61)51-8/h12,16,19-22,25,27-30,36-38,41,53H,1,13-15,17-18,23-24,26H2,2-11H3,(H,51,61)(H,52,65)(H,54,62)(H,55,60)(H,56,59)/b35-16+/t28?,29-,30-,36-,37-,38-,41-/m0/s1. The number of hydrogen-bond donors (Lipinski definition) is 6. The molecule has 4 bridgehead atoms. The number of ether oxygens (including phenoxy) is 3. The van der Waals surface area contributed by atoms with Crippen LogP contribution >= 0.6 is 11.6 Å². The molecule has 0 saturated carbocycles. The lowest BCUT2D eigenvalue weighted by molar-refractivity contribution is -0.142. The van der Waals surface area contributed by atoms with Crippen molar-refractivity contribution in [1.29, 1.82) is 0 Å². The molecule has 19 heteroatoms. The zero-order valence-electron chi connectivity index (χ0n) is 40.9. The van der Waals surface area contributed by atoms with E-state index in [9.17, 15) is 33.6 Å². The second-order valence-corrected chi connectivity index (χ2v) is 18.5. The Morgan fingerprint density at radius 3 is 2.25 bits per heavy atom. The molecular formula is C49H69ClN8O10. The molecule has 2 heterocycles. The number of methoxy groups -OCH3 is 2. The lowest BCUT2D eigenvalue weighted by atomic mass is 9.93. The van der Waals surface area contributed by atoms with Crippen molar-refractivity contribution in [3.63, 3.8) is 0 Å². The topological polar surface area (TPSA) is 226 Å². The number of unbranched alkanes of at least 4 members (excludes halogenated alkanes) is 1. The summed E-state index contributed by atoms with van der Waals surface area (Å²) in [6, 6.07) is 3.45. The number of nitrogens with one attached hydrogen (secondary N) is 6. The van der Waals surface area contributed by atoms with Crippen molar-refractivity contribution < 1.29 is 47.8 Å². The Morgan fingerprint density at radius 2 is 1.62 bits per heavy atom. The highest BCUT2D eigenvalue weighted by atomic mass is 35.5. The maximum atomic E-state index is 14.8. The van der Waals surface area contributed by atoms with Crippen molar-refractivity contribution in [2.45, 2.75) is 128 Å². The molecule has 7 amide bonds. The van der Waals surface area contributed by atoms with E-state index < -0.39 is 83.5 Å². The first kappa shape index (κ1) is 54.5. The first-order chi connectivity index (χ1) is 32.1. The summed E-state index contributed by atoms with van der Waals surface area (Å²) in [6.45, 7) is 14.4. The number of carbonyl (C=O) groups excluding carboxylic acids is 7. The Labute approximate surface area is 404 Å². The van der Waals surface area contributed by atoms with E-state index in [-0.39, 0.29) is 18.7 Å². The third-order valence-electron chi connectivity index (χ3n) is 11.7. The van der Waals surface area contributed by atoms with Gasteiger partial charge in [-0.1, -0.05) is 36.4 Å². The highest BCUT2D eigenvalue weighted by Crippen LogP contribution is 2.40. The number of nitrogens with zero attached hydrogens (tertiary/aromatic N) is 2. The van der Waals surface area contributed by atoms with Crippen LogP contribution in [0.25, 0.3) is 11.1 Å². The summed E-state index contributed by atoms with van der Waals surface area (Å²) in [6.07, 6.45) is 4.94. The van der Waals surface area contributed by atoms with Gasteiger partial charge in [0.05, 0.1) is 20.3 Å². The average Bonchev–Trinajstić information content (AvgIpc) is 3.79. The molecular weight excluding hydrogens is 896 g/mol. The van der Waals surface area contributed by atoms with E-state index in [1.54, 1.807) is 70.2 Å². The van der Waals surface area contributed by atoms with E-state index in [1.807, 2.05) is 0 Å². The predicted octanol–water partition coefficient (Wildman–Crippen LogP) is 4.01. The van der Waals surface area contributed by atoms with Crippen molar-refractivity contribution in [1.82, 2.24) is 41.7 Å². The summed E-state index contributed by atoms with van der Waals surface area (Å²) in [5.41, 5.74) is 1.37. The molecule has 18 nitrogen and oxygen atoms in total. The van der Waals surface area contributed by atoms with Crippen LogP contribution in [0.5, 0.6) is 11.5 Å². The third kappa shape index (κ3) is 14.4. The van der Waals surface area contributed by atoms with E-state index in [1.165, 1.54) is 58.0 Å². The number of likely N-dealkylation sites (tertiary alicyclic amines) is 1. The fourth-order valence-corrected chi connectivity index (χ4v) is 8.36. The van der Waals surface area contributed by atoms with E-state index in [4.69, 9.17) is 25.8 Å². The Bertz CT molecular complexity index is 2210. The number of allylic oxidation sites excluding steroid dienone is 2. The molecule has 2 aromatic carbocycles. The second kappa shape index (κ2) is 24.8. The maximum Gasteiger partial charge on any atom is 0.407 e. The van der Waals surface area contributed by atoms with Crippen LogP contribution in [-0.2, 0) is 39.9 Å². The number of rotatable bonds is 17. The van der Waals surface area contributed by atoms with Crippen molar-refractivity contribution in [2.24, 2.45) is 0 Å². The molecule has 0 aromatic heterocycles. The van der Waals surface area contributed by atoms with Crippen molar-refractivity contribution in [3.05, 3.63) is 71.3 Å². The summed E-state index contributed by atoms with van der Waals surface area (Å²) < 4.78 is 17.0. The number of hydrogen-bond acceptors (Lipinski definition) is 11. The predicted molar refractivity (Wildman–Crippen MR) is 259 cm³/mol. The second-order valence-electron chi connectivity index (χ2n) is 18.0. The minimum atomic E-state index is -1.32. The molecule has 7 atom stereocenters. The number of halogens is 1. The van der Waals surface area contributed by atoms with Crippen LogP contribution in [0.1, 0.15) is 90.8 Å². The molecule has 2 aromatic rings. The van der Waals surface area contributed by atoms with Gasteiger partial charge in [-0.05, 0) is 115 Å². The molecule has 68 heavy (non-hydrogen) atoms. The lowest BCUT2D eigenvalue weighted by Crippen LogP contribution is -2.58. The summed E-state index contributed by atoms with van der Waals surface area (Å²) in [7, 11) is 6.00. The molecule has 6 N–H and O–H groups in total. The van der Waals surface area contributed by atoms with Crippen LogP contribution in [0.4, 0.5) is 4.79 Å². The zero-order valence-corrected chi connectivity index (χ0v) is 41.6. The minimum absolute atomic E-state index is 0.0293. The van der Waals surface area contributed by atoms with Crippen molar-refractivity contribution >= 4 is 53.1 Å². The summed E-state index contributed by atoms with van der Waals surface area (Å²) in [5, 5.41) is 17.3. The highest BCUT2D eigenvalue weighted by molar-refractivity contribution is 6.30. The van der Waals surface area contributed by atoms with Crippen LogP contribution in [0.15, 0.2) is 60.2 Å². The minimum Gasteiger partial charge on any atom is -0.496 e. The van der Waals surface area contributed by atoms with Crippen LogP contribution < -0.4 is 41.4 Å². The number of benzene rings is 2. The monoisotopic (exact) mass is 964 g/mol. The highest BCUT2D eigenvalue weighted by Gasteiger charge is 2.38. The molecule has 1 fully saturated rings. The van der Waals surface area contributed by atoms with Crippen LogP contribution in [0.3, 0.4) is 0 Å². The SMILES string of the molecule is C=C/C=C(/Cl)C(C)N[C@@H](CCCCNC(=O)OC(C)(C)C)C(=O)N(C)[C@@H]1C(=O)N[C@@H](C)C(=O)N[C@H](C(=O)N[C@@H](C)C(=O)N2CCC[C@H]2C(=O)NC)Cc2ccc(OC)c(c2)-c2cc1ccc2OC. The molecule has 2 aliphatic rings. The van der Waals surface area contributed by atoms with E-state index in [2.05, 4.69) is 38.5 Å². The van der Waals surface area contributed by atoms with Gasteiger partial charge in [0.2, 0.25) is 35.4 Å². The average molecular weight is 966 g/mol. The molecule has 4 rings (SSSR count). The third-order valence-corrected chi connectivity index (χ3v) is 12.2. The summed E-state index contributed by atoms with van der Waals surface area (Å²) in [5.74, 6) is -2.44. The van der Waals surface area contributed by atoms with Crippen LogP contribution in [-0.4, -0.2) is 135 Å². The largest absolute Gasteiger partial charge is 0.496 e. The normalized spacial score (nSPS) is 20.0. The van der Waals surface area contributed by atoms with Gasteiger partial charge in [0.15, 0.2) is 0 Å². The number of carbonyl (C=O) groups is 7. The van der Waals surface area contributed by atoms with E-state index >= 15 is 0 Å². The summed E-state index contributed by atoms with van der Waals surface area (Å²) >= 11 is 6.56. The van der Waals surface area contributed by atoms with Gasteiger partial charge >= 0.3 is 6.09 Å². The van der Waals surface area contributed by atoms with Crippen LogP contribution in [0, 0.1) is 0 Å². The Balaban J connectivity index is 1.73. The molecule has 2 aliphatic heterocycles. The van der Waals surface area contributed by atoms with Crippen molar-refractivity contribution in [2.75, 3.05) is 41.4 Å². The Hall–Kier alpha value is -6.14.